The number of hydrogen-bond donors (Lipinski definition) is 0. The minimum atomic E-state index is -0.0894. The Morgan fingerprint density at radius 3 is 2.15 bits per heavy atom. The summed E-state index contributed by atoms with van der Waals surface area (Å²) in [6.45, 7) is 6.33. The Bertz CT molecular complexity index is 113. The zero-order chi connectivity index (χ0) is 10.7. The standard InChI is InChI=1S/C8H16O2.2CH3.Bi.H/c1-4-5-6-10-8(9)7(2)3;;;;/h7H,4-6H2,1-3H3;2*1H3;;. The molecule has 0 radical (unpaired) electrons. The van der Waals surface area contributed by atoms with Crippen LogP contribution in [0.25, 0.3) is 0 Å². The fourth-order valence-electron chi connectivity index (χ4n) is 0.484. The van der Waals surface area contributed by atoms with Crippen molar-refractivity contribution in [3.63, 3.8) is 0 Å². The van der Waals surface area contributed by atoms with Crippen LogP contribution in [0.5, 0.6) is 0 Å². The Kier molecular flexibility index (Phi) is 15.0. The molecule has 0 spiro atoms. The van der Waals surface area contributed by atoms with Crippen LogP contribution in [0.3, 0.4) is 0 Å². The van der Waals surface area contributed by atoms with E-state index in [0.717, 1.165) is 12.8 Å². The first-order valence-corrected chi connectivity index (χ1v) is 12.6. The Morgan fingerprint density at radius 1 is 1.38 bits per heavy atom. The second-order valence-corrected chi connectivity index (χ2v) is 7.06. The first-order chi connectivity index (χ1) is 6.09. The van der Waals surface area contributed by atoms with Crippen LogP contribution in [0.1, 0.15) is 33.6 Å². The number of rotatable bonds is 4. The van der Waals surface area contributed by atoms with Gasteiger partial charge in [-0.1, -0.05) is 27.2 Å². The fourth-order valence-corrected chi connectivity index (χ4v) is 0.484. The van der Waals surface area contributed by atoms with Gasteiger partial charge in [-0.15, -0.1) is 0 Å². The molecule has 80 valence electrons. The second kappa shape index (κ2) is 12.4. The molecule has 0 unspecified atom stereocenters. The van der Waals surface area contributed by atoms with E-state index < -0.39 is 0 Å². The molecule has 0 aromatic carbocycles. The first kappa shape index (κ1) is 15.8. The predicted molar refractivity (Wildman–Crippen MR) is 59.6 cm³/mol. The van der Waals surface area contributed by atoms with E-state index in [-0.39, 0.29) is 35.1 Å². The van der Waals surface area contributed by atoms with E-state index in [9.17, 15) is 4.79 Å². The van der Waals surface area contributed by atoms with Gasteiger partial charge in [-0.25, -0.2) is 0 Å². The summed E-state index contributed by atoms with van der Waals surface area (Å²) >= 11 is 0.0833. The van der Waals surface area contributed by atoms with Crippen molar-refractivity contribution >= 4 is 29.2 Å². The topological polar surface area (TPSA) is 26.3 Å². The summed E-state index contributed by atoms with van der Waals surface area (Å²) in [5, 5.41) is 0. The zero-order valence-electron chi connectivity index (χ0n) is 9.52. The molecular weight excluding hydrogens is 361 g/mol. The van der Waals surface area contributed by atoms with E-state index in [4.69, 9.17) is 4.74 Å². The molecule has 0 rings (SSSR count). The Morgan fingerprint density at radius 2 is 1.85 bits per heavy atom. The number of carbonyl (C=O) groups is 1. The van der Waals surface area contributed by atoms with Crippen molar-refractivity contribution in [3.8, 4) is 0 Å². The summed E-state index contributed by atoms with van der Waals surface area (Å²) in [4.78, 5) is 10.8. The van der Waals surface area contributed by atoms with Crippen LogP contribution in [0.2, 0.25) is 9.26 Å². The molecule has 0 aliphatic heterocycles. The first-order valence-electron chi connectivity index (χ1n) is 4.85. The molecule has 0 amide bonds. The molecule has 0 fully saturated rings. The van der Waals surface area contributed by atoms with Crippen molar-refractivity contribution in [2.45, 2.75) is 42.9 Å². The number of carbonyl (C=O) groups excluding carboxylic acids is 1. The Balaban J connectivity index is 0. The van der Waals surface area contributed by atoms with Crippen molar-refractivity contribution in [1.82, 2.24) is 0 Å². The minimum absolute atomic E-state index is 0.0110. The predicted octanol–water partition coefficient (Wildman–Crippen LogP) is 2.50. The molecule has 13 heavy (non-hydrogen) atoms. The molecule has 0 aliphatic rings. The van der Waals surface area contributed by atoms with E-state index in [2.05, 4.69) is 16.2 Å². The van der Waals surface area contributed by atoms with Crippen LogP contribution in [0.15, 0.2) is 0 Å². The molecule has 0 heterocycles. The molecule has 0 aliphatic carbocycles. The third kappa shape index (κ3) is 15.1. The molecule has 0 atom stereocenters. The van der Waals surface area contributed by atoms with E-state index in [1.807, 2.05) is 13.8 Å². The molecule has 0 aromatic heterocycles. The molecule has 0 bridgehead atoms. The van der Waals surface area contributed by atoms with Crippen LogP contribution in [-0.2, 0) is 9.53 Å². The Hall–Kier alpha value is 0.353. The average Bonchev–Trinajstić information content (AvgIpc) is 2.06. The van der Waals surface area contributed by atoms with Crippen LogP contribution in [0, 0.1) is 5.92 Å². The third-order valence-electron chi connectivity index (χ3n) is 1.21. The quantitative estimate of drug-likeness (QED) is 0.423. The van der Waals surface area contributed by atoms with Gasteiger partial charge in [0, 0.05) is 0 Å². The van der Waals surface area contributed by atoms with Gasteiger partial charge in [0.05, 0.1) is 12.5 Å². The van der Waals surface area contributed by atoms with Gasteiger partial charge in [0.25, 0.3) is 0 Å². The van der Waals surface area contributed by atoms with Crippen molar-refractivity contribution in [2.24, 2.45) is 5.92 Å². The van der Waals surface area contributed by atoms with Gasteiger partial charge in [-0.3, -0.25) is 4.79 Å². The molecule has 0 aromatic rings. The van der Waals surface area contributed by atoms with Crippen LogP contribution < -0.4 is 0 Å². The summed E-state index contributed by atoms with van der Waals surface area (Å²) in [7, 11) is 0. The second-order valence-electron chi connectivity index (χ2n) is 3.18. The monoisotopic (exact) mass is 384 g/mol. The third-order valence-corrected chi connectivity index (χ3v) is 1.21. The summed E-state index contributed by atoms with van der Waals surface area (Å²) in [5.41, 5.74) is 0. The van der Waals surface area contributed by atoms with Gasteiger partial charge >= 0.3 is 38.5 Å². The van der Waals surface area contributed by atoms with Gasteiger partial charge in [-0.05, 0) is 6.42 Å². The van der Waals surface area contributed by atoms with Crippen LogP contribution in [-0.4, -0.2) is 35.8 Å². The van der Waals surface area contributed by atoms with Crippen molar-refractivity contribution in [1.29, 1.82) is 0 Å². The van der Waals surface area contributed by atoms with E-state index >= 15 is 0 Å². The average molecular weight is 384 g/mol. The number of unbranched alkanes of at least 4 members (excludes halogenated alkanes) is 1. The molecule has 3 heteroatoms. The number of hydrogen-bond acceptors (Lipinski definition) is 2. The van der Waals surface area contributed by atoms with Gasteiger partial charge in [0.1, 0.15) is 0 Å². The maximum atomic E-state index is 10.8. The maximum absolute atomic E-state index is 10.8. The van der Waals surface area contributed by atoms with Crippen molar-refractivity contribution in [2.75, 3.05) is 6.61 Å². The zero-order valence-corrected chi connectivity index (χ0v) is 13.4. The normalized spacial score (nSPS) is 9.08. The van der Waals surface area contributed by atoms with Gasteiger partial charge < -0.3 is 4.74 Å². The van der Waals surface area contributed by atoms with Gasteiger partial charge in [0.2, 0.25) is 0 Å². The van der Waals surface area contributed by atoms with E-state index in [0.29, 0.717) is 6.61 Å². The van der Waals surface area contributed by atoms with Gasteiger partial charge in [0.15, 0.2) is 0 Å². The summed E-state index contributed by atoms with van der Waals surface area (Å²) in [5.74, 6) is -0.0784. The summed E-state index contributed by atoms with van der Waals surface area (Å²) in [6, 6.07) is 0. The van der Waals surface area contributed by atoms with E-state index in [1.54, 1.807) is 0 Å². The van der Waals surface area contributed by atoms with Crippen molar-refractivity contribution in [3.05, 3.63) is 0 Å². The van der Waals surface area contributed by atoms with Crippen LogP contribution in [0.4, 0.5) is 0 Å². The van der Waals surface area contributed by atoms with Gasteiger partial charge in [-0.2, -0.15) is 0 Å². The molecule has 0 saturated heterocycles. The molecule has 0 N–H and O–H groups in total. The summed E-state index contributed by atoms with van der Waals surface area (Å²) in [6.07, 6.45) is 2.05. The fraction of sp³-hybridized carbons (Fsp3) is 0.900. The van der Waals surface area contributed by atoms with E-state index in [1.165, 1.54) is 0 Å². The van der Waals surface area contributed by atoms with Crippen LogP contribution >= 0.6 is 0 Å². The Labute approximate surface area is 94.0 Å². The summed E-state index contributed by atoms with van der Waals surface area (Å²) < 4.78 is 9.54. The molecule has 2 nitrogen and oxygen atoms in total. The molecule has 0 saturated carbocycles. The number of esters is 1. The SMILES string of the molecule is CCCCOC(=O)C(C)C.[CH3][BiH][CH3]. The molecular formula is C10H23BiO2. The number of ether oxygens (including phenoxy) is 1. The van der Waals surface area contributed by atoms with Crippen molar-refractivity contribution < 1.29 is 9.53 Å².